The van der Waals surface area contributed by atoms with Crippen LogP contribution in [0.15, 0.2) is 0 Å². The molecule has 1 aliphatic rings. The van der Waals surface area contributed by atoms with Crippen LogP contribution in [0, 0.1) is 0 Å². The fourth-order valence-electron chi connectivity index (χ4n) is 2.58. The van der Waals surface area contributed by atoms with Crippen molar-refractivity contribution < 1.29 is 14.3 Å². The van der Waals surface area contributed by atoms with Crippen molar-refractivity contribution in [2.45, 2.75) is 26.0 Å². The van der Waals surface area contributed by atoms with Gasteiger partial charge < -0.3 is 14.8 Å². The normalized spacial score (nSPS) is 17.7. The van der Waals surface area contributed by atoms with Gasteiger partial charge >= 0.3 is 5.97 Å². The van der Waals surface area contributed by atoms with Gasteiger partial charge in [-0.15, -0.1) is 11.3 Å². The Kier molecular flexibility index (Phi) is 6.10. The first-order valence-corrected chi connectivity index (χ1v) is 8.04. The molecule has 0 radical (unpaired) electrons. The standard InChI is InChI=1S/C14H23N3O3S/c1-4-11(17-7-5-15-6-8-17)13-16-10(9-19-2)12(21-13)14(18)20-3/h11,15H,4-9H2,1-3H3. The summed E-state index contributed by atoms with van der Waals surface area (Å²) in [6.45, 7) is 6.49. The topological polar surface area (TPSA) is 63.7 Å². The number of thiazole rings is 1. The van der Waals surface area contributed by atoms with Crippen molar-refractivity contribution in [1.29, 1.82) is 0 Å². The number of nitrogens with one attached hydrogen (secondary N) is 1. The van der Waals surface area contributed by atoms with E-state index < -0.39 is 0 Å². The number of hydrogen-bond acceptors (Lipinski definition) is 7. The van der Waals surface area contributed by atoms with Gasteiger partial charge in [-0.25, -0.2) is 9.78 Å². The average Bonchev–Trinajstić information content (AvgIpc) is 2.92. The van der Waals surface area contributed by atoms with E-state index in [2.05, 4.69) is 22.1 Å². The number of aromatic nitrogens is 1. The van der Waals surface area contributed by atoms with Crippen LogP contribution >= 0.6 is 11.3 Å². The minimum absolute atomic E-state index is 0.256. The highest BCUT2D eigenvalue weighted by molar-refractivity contribution is 7.13. The molecule has 0 saturated carbocycles. The van der Waals surface area contributed by atoms with Gasteiger partial charge in [-0.1, -0.05) is 6.92 Å². The molecule has 0 aliphatic carbocycles. The van der Waals surface area contributed by atoms with Crippen LogP contribution in [0.25, 0.3) is 0 Å². The summed E-state index contributed by atoms with van der Waals surface area (Å²) in [4.78, 5) is 19.5. The van der Waals surface area contributed by atoms with E-state index in [0.717, 1.165) is 37.6 Å². The monoisotopic (exact) mass is 313 g/mol. The summed E-state index contributed by atoms with van der Waals surface area (Å²) in [5.74, 6) is -0.332. The summed E-state index contributed by atoms with van der Waals surface area (Å²) < 4.78 is 10.00. The molecular weight excluding hydrogens is 290 g/mol. The molecule has 21 heavy (non-hydrogen) atoms. The van der Waals surface area contributed by atoms with E-state index in [1.54, 1.807) is 7.11 Å². The number of esters is 1. The number of carbonyl (C=O) groups excluding carboxylic acids is 1. The molecule has 118 valence electrons. The van der Waals surface area contributed by atoms with Crippen LogP contribution < -0.4 is 5.32 Å². The summed E-state index contributed by atoms with van der Waals surface area (Å²) in [7, 11) is 3.00. The molecule has 6 nitrogen and oxygen atoms in total. The molecule has 1 aromatic heterocycles. The lowest BCUT2D eigenvalue weighted by molar-refractivity contribution is 0.0601. The van der Waals surface area contributed by atoms with Crippen molar-refractivity contribution in [1.82, 2.24) is 15.2 Å². The molecule has 0 aromatic carbocycles. The Labute approximate surface area is 129 Å². The number of carbonyl (C=O) groups is 1. The first-order valence-electron chi connectivity index (χ1n) is 7.22. The van der Waals surface area contributed by atoms with E-state index in [4.69, 9.17) is 9.47 Å². The second-order valence-corrected chi connectivity index (χ2v) is 5.99. The van der Waals surface area contributed by atoms with Crippen LogP contribution in [0.4, 0.5) is 0 Å². The Balaban J connectivity index is 2.25. The van der Waals surface area contributed by atoms with E-state index >= 15 is 0 Å². The summed E-state index contributed by atoms with van der Waals surface area (Å²) in [6.07, 6.45) is 0.973. The lowest BCUT2D eigenvalue weighted by atomic mass is 10.2. The van der Waals surface area contributed by atoms with Gasteiger partial charge in [0.05, 0.1) is 25.5 Å². The molecule has 1 aliphatic heterocycles. The van der Waals surface area contributed by atoms with Crippen LogP contribution in [0.1, 0.15) is 39.8 Å². The first kappa shape index (κ1) is 16.4. The van der Waals surface area contributed by atoms with Gasteiger partial charge in [-0.05, 0) is 6.42 Å². The van der Waals surface area contributed by atoms with Crippen molar-refractivity contribution >= 4 is 17.3 Å². The predicted octanol–water partition coefficient (Wildman–Crippen LogP) is 1.43. The Bertz CT molecular complexity index is 472. The van der Waals surface area contributed by atoms with Crippen molar-refractivity contribution in [3.63, 3.8) is 0 Å². The van der Waals surface area contributed by atoms with Crippen molar-refractivity contribution in [3.8, 4) is 0 Å². The van der Waals surface area contributed by atoms with Gasteiger partial charge in [0.2, 0.25) is 0 Å². The van der Waals surface area contributed by atoms with Gasteiger partial charge in [-0.3, -0.25) is 4.90 Å². The molecule has 0 bridgehead atoms. The molecule has 1 N–H and O–H groups in total. The summed E-state index contributed by atoms with van der Waals surface area (Å²) in [5.41, 5.74) is 0.679. The predicted molar refractivity (Wildman–Crippen MR) is 81.6 cm³/mol. The van der Waals surface area contributed by atoms with E-state index in [1.807, 2.05) is 0 Å². The average molecular weight is 313 g/mol. The number of piperazine rings is 1. The zero-order chi connectivity index (χ0) is 15.2. The second-order valence-electron chi connectivity index (χ2n) is 4.96. The molecular formula is C14H23N3O3S. The minimum atomic E-state index is -0.332. The molecule has 0 spiro atoms. The van der Waals surface area contributed by atoms with Crippen molar-refractivity contribution in [2.24, 2.45) is 0 Å². The third-order valence-corrected chi connectivity index (χ3v) is 4.81. The quantitative estimate of drug-likeness (QED) is 0.802. The molecule has 7 heteroatoms. The van der Waals surface area contributed by atoms with Crippen LogP contribution in [0.2, 0.25) is 0 Å². The van der Waals surface area contributed by atoms with Crippen LogP contribution in [-0.4, -0.2) is 56.3 Å². The van der Waals surface area contributed by atoms with E-state index in [-0.39, 0.29) is 12.0 Å². The van der Waals surface area contributed by atoms with Gasteiger partial charge in [0.1, 0.15) is 9.88 Å². The molecule has 1 unspecified atom stereocenters. The highest BCUT2D eigenvalue weighted by Crippen LogP contribution is 2.31. The maximum atomic E-state index is 11.9. The van der Waals surface area contributed by atoms with Crippen molar-refractivity contribution in [3.05, 3.63) is 15.6 Å². The summed E-state index contributed by atoms with van der Waals surface area (Å²) in [6, 6.07) is 0.256. The van der Waals surface area contributed by atoms with Gasteiger partial charge in [-0.2, -0.15) is 0 Å². The van der Waals surface area contributed by atoms with Gasteiger partial charge in [0.15, 0.2) is 0 Å². The zero-order valence-electron chi connectivity index (χ0n) is 12.8. The molecule has 2 rings (SSSR count). The van der Waals surface area contributed by atoms with Gasteiger partial charge in [0.25, 0.3) is 0 Å². The highest BCUT2D eigenvalue weighted by atomic mass is 32.1. The Morgan fingerprint density at radius 3 is 2.71 bits per heavy atom. The third-order valence-electron chi connectivity index (χ3n) is 3.63. The minimum Gasteiger partial charge on any atom is -0.465 e. The lowest BCUT2D eigenvalue weighted by Gasteiger charge is -2.33. The smallest absolute Gasteiger partial charge is 0.350 e. The number of rotatable bonds is 6. The molecule has 1 atom stereocenters. The van der Waals surface area contributed by atoms with E-state index in [1.165, 1.54) is 18.4 Å². The Morgan fingerprint density at radius 1 is 1.43 bits per heavy atom. The zero-order valence-corrected chi connectivity index (χ0v) is 13.7. The second kappa shape index (κ2) is 7.84. The third kappa shape index (κ3) is 3.79. The Morgan fingerprint density at radius 2 is 2.14 bits per heavy atom. The van der Waals surface area contributed by atoms with E-state index in [0.29, 0.717) is 17.2 Å². The maximum absolute atomic E-state index is 11.9. The van der Waals surface area contributed by atoms with Crippen LogP contribution in [0.5, 0.6) is 0 Å². The number of nitrogens with zero attached hydrogens (tertiary/aromatic N) is 2. The first-order chi connectivity index (χ1) is 10.2. The number of hydrogen-bond donors (Lipinski definition) is 1. The maximum Gasteiger partial charge on any atom is 0.350 e. The highest BCUT2D eigenvalue weighted by Gasteiger charge is 2.27. The largest absolute Gasteiger partial charge is 0.465 e. The van der Waals surface area contributed by atoms with Gasteiger partial charge in [0, 0.05) is 33.3 Å². The molecule has 1 fully saturated rings. The summed E-state index contributed by atoms with van der Waals surface area (Å²) in [5, 5.41) is 4.34. The molecule has 1 aromatic rings. The number of methoxy groups -OCH3 is 2. The molecule has 1 saturated heterocycles. The molecule has 0 amide bonds. The fourth-order valence-corrected chi connectivity index (χ4v) is 3.79. The van der Waals surface area contributed by atoms with E-state index in [9.17, 15) is 4.79 Å². The fraction of sp³-hybridized carbons (Fsp3) is 0.714. The SMILES string of the molecule is CCC(c1nc(COC)c(C(=O)OC)s1)N1CCNCC1. The number of ether oxygens (including phenoxy) is 2. The lowest BCUT2D eigenvalue weighted by Crippen LogP contribution is -2.45. The molecule has 2 heterocycles. The Hall–Kier alpha value is -1.02. The van der Waals surface area contributed by atoms with Crippen molar-refractivity contribution in [2.75, 3.05) is 40.4 Å². The van der Waals surface area contributed by atoms with Crippen LogP contribution in [0.3, 0.4) is 0 Å². The summed E-state index contributed by atoms with van der Waals surface area (Å²) >= 11 is 1.43. The van der Waals surface area contributed by atoms with Crippen LogP contribution in [-0.2, 0) is 16.1 Å².